The Bertz CT molecular complexity index is 1020. The second-order valence-corrected chi connectivity index (χ2v) is 6.92. The predicted octanol–water partition coefficient (Wildman–Crippen LogP) is 3.41. The van der Waals surface area contributed by atoms with Gasteiger partial charge in [0, 0.05) is 23.7 Å². The molecule has 1 heterocycles. The Labute approximate surface area is 180 Å². The summed E-state index contributed by atoms with van der Waals surface area (Å²) >= 11 is 6.13. The molecule has 0 fully saturated rings. The summed E-state index contributed by atoms with van der Waals surface area (Å²) in [5.41, 5.74) is 0.672. The van der Waals surface area contributed by atoms with Crippen molar-refractivity contribution in [3.05, 3.63) is 53.1 Å². The second-order valence-electron chi connectivity index (χ2n) is 6.52. The van der Waals surface area contributed by atoms with Gasteiger partial charge in [0.25, 0.3) is 5.91 Å². The molecule has 2 aromatic carbocycles. The molecule has 1 aliphatic heterocycles. The van der Waals surface area contributed by atoms with Crippen molar-refractivity contribution in [2.75, 3.05) is 11.9 Å². The van der Waals surface area contributed by atoms with Crippen molar-refractivity contribution in [2.24, 2.45) is 0 Å². The monoisotopic (exact) mass is 454 g/mol. The number of fused-ring (bicyclic) bond motifs is 1. The lowest BCUT2D eigenvalue weighted by atomic mass is 10.0. The third kappa shape index (κ3) is 6.05. The summed E-state index contributed by atoms with van der Waals surface area (Å²) in [6.45, 7) is 0.669. The normalized spacial score (nSPS) is 14.5. The first-order valence-corrected chi connectivity index (χ1v) is 9.37. The zero-order valence-corrected chi connectivity index (χ0v) is 16.9. The highest BCUT2D eigenvalue weighted by atomic mass is 35.5. The van der Waals surface area contributed by atoms with Crippen LogP contribution in [0.3, 0.4) is 0 Å². The van der Waals surface area contributed by atoms with Crippen LogP contribution in [0.4, 0.5) is 14.5 Å². The Morgan fingerprint density at radius 3 is 2.55 bits per heavy atom. The highest BCUT2D eigenvalue weighted by Crippen LogP contribution is 2.42. The largest absolute Gasteiger partial charge is 0.586 e. The third-order valence-electron chi connectivity index (χ3n) is 4.08. The first kappa shape index (κ1) is 22.3. The molecule has 0 unspecified atom stereocenters. The second kappa shape index (κ2) is 9.17. The van der Waals surface area contributed by atoms with Gasteiger partial charge >= 0.3 is 12.3 Å². The van der Waals surface area contributed by atoms with Crippen LogP contribution >= 0.6 is 11.6 Å². The molecular weight excluding hydrogens is 438 g/mol. The quantitative estimate of drug-likeness (QED) is 0.621. The molecular formula is C20H17ClF2N2O6. The van der Waals surface area contributed by atoms with E-state index in [0.717, 1.165) is 6.07 Å². The highest BCUT2D eigenvalue weighted by molar-refractivity contribution is 6.31. The lowest BCUT2D eigenvalue weighted by Crippen LogP contribution is -2.29. The van der Waals surface area contributed by atoms with E-state index in [1.807, 2.05) is 0 Å². The number of halogens is 3. The lowest BCUT2D eigenvalue weighted by molar-refractivity contribution is -0.286. The van der Waals surface area contributed by atoms with Crippen molar-refractivity contribution >= 4 is 35.1 Å². The van der Waals surface area contributed by atoms with E-state index < -0.39 is 30.8 Å². The number of hydrogen-bond acceptors (Lipinski definition) is 6. The van der Waals surface area contributed by atoms with E-state index >= 15 is 0 Å². The summed E-state index contributed by atoms with van der Waals surface area (Å²) in [6, 6.07) is 9.63. The van der Waals surface area contributed by atoms with E-state index in [0.29, 0.717) is 10.6 Å². The molecule has 2 aromatic rings. The van der Waals surface area contributed by atoms with Gasteiger partial charge in [0.15, 0.2) is 18.1 Å². The van der Waals surface area contributed by atoms with Gasteiger partial charge in [0.1, 0.15) is 0 Å². The molecule has 0 saturated carbocycles. The van der Waals surface area contributed by atoms with Crippen LogP contribution in [0.25, 0.3) is 0 Å². The molecule has 8 nitrogen and oxygen atoms in total. The van der Waals surface area contributed by atoms with Crippen LogP contribution < -0.4 is 20.1 Å². The van der Waals surface area contributed by atoms with Crippen LogP contribution in [0.5, 0.6) is 11.5 Å². The van der Waals surface area contributed by atoms with Gasteiger partial charge in [-0.05, 0) is 23.8 Å². The number of alkyl halides is 2. The maximum absolute atomic E-state index is 13.0. The molecule has 0 bridgehead atoms. The van der Waals surface area contributed by atoms with Gasteiger partial charge in [0.2, 0.25) is 5.91 Å². The van der Waals surface area contributed by atoms with Crippen LogP contribution in [-0.2, 0) is 19.1 Å². The van der Waals surface area contributed by atoms with E-state index in [2.05, 4.69) is 20.1 Å². The number of benzene rings is 2. The molecule has 2 N–H and O–H groups in total. The molecule has 3 rings (SSSR count). The summed E-state index contributed by atoms with van der Waals surface area (Å²) < 4.78 is 39.6. The van der Waals surface area contributed by atoms with Crippen molar-refractivity contribution in [2.45, 2.75) is 25.7 Å². The fraction of sp³-hybridized carbons (Fsp3) is 0.250. The number of carbonyl (C=O) groups is 3. The fourth-order valence-corrected chi connectivity index (χ4v) is 3.10. The number of hydrogen-bond donors (Lipinski definition) is 2. The maximum atomic E-state index is 13.0. The number of esters is 1. The molecule has 0 spiro atoms. The number of amides is 2. The standard InChI is InChI=1S/C20H17ClF2N2O6/c1-11(26)24-15(13-4-2-3-5-14(13)21)9-19(28)29-10-18(27)25-12-6-7-16-17(8-12)31-20(22,23)30-16/h2-8,15H,9-10H2,1H3,(H,24,26)(H,25,27)/t15-/m1/s1. The minimum atomic E-state index is -3.77. The third-order valence-corrected chi connectivity index (χ3v) is 4.42. The maximum Gasteiger partial charge on any atom is 0.586 e. The van der Waals surface area contributed by atoms with E-state index in [-0.39, 0.29) is 29.5 Å². The van der Waals surface area contributed by atoms with Gasteiger partial charge in [-0.2, -0.15) is 0 Å². The lowest BCUT2D eigenvalue weighted by Gasteiger charge is -2.18. The molecule has 0 saturated heterocycles. The average molecular weight is 455 g/mol. The molecule has 164 valence electrons. The predicted molar refractivity (Wildman–Crippen MR) is 105 cm³/mol. The first-order chi connectivity index (χ1) is 14.6. The van der Waals surface area contributed by atoms with Crippen molar-refractivity contribution in [1.82, 2.24) is 5.32 Å². The van der Waals surface area contributed by atoms with E-state index in [1.54, 1.807) is 24.3 Å². The number of nitrogens with one attached hydrogen (secondary N) is 2. The summed E-state index contributed by atoms with van der Waals surface area (Å²) in [5, 5.41) is 5.37. The SMILES string of the molecule is CC(=O)N[C@H](CC(=O)OCC(=O)Nc1ccc2c(c1)OC(F)(F)O2)c1ccccc1Cl. The summed E-state index contributed by atoms with van der Waals surface area (Å²) in [6.07, 6.45) is -4.03. The molecule has 11 heteroatoms. The molecule has 0 aliphatic carbocycles. The van der Waals surface area contributed by atoms with E-state index in [4.69, 9.17) is 16.3 Å². The van der Waals surface area contributed by atoms with Gasteiger partial charge in [0.05, 0.1) is 12.5 Å². The molecule has 1 atom stereocenters. The van der Waals surface area contributed by atoms with E-state index in [9.17, 15) is 23.2 Å². The molecule has 1 aliphatic rings. The Morgan fingerprint density at radius 1 is 1.13 bits per heavy atom. The number of ether oxygens (including phenoxy) is 3. The number of rotatable bonds is 7. The summed E-state index contributed by atoms with van der Waals surface area (Å²) in [4.78, 5) is 35.7. The van der Waals surface area contributed by atoms with Crippen molar-refractivity contribution in [3.63, 3.8) is 0 Å². The van der Waals surface area contributed by atoms with Crippen molar-refractivity contribution in [1.29, 1.82) is 0 Å². The first-order valence-electron chi connectivity index (χ1n) is 9.00. The van der Waals surface area contributed by atoms with Gasteiger partial charge in [-0.3, -0.25) is 14.4 Å². The Kier molecular flexibility index (Phi) is 6.59. The highest BCUT2D eigenvalue weighted by Gasteiger charge is 2.43. The Balaban J connectivity index is 1.54. The van der Waals surface area contributed by atoms with Gasteiger partial charge < -0.3 is 24.8 Å². The number of carbonyl (C=O) groups excluding carboxylic acids is 3. The van der Waals surface area contributed by atoms with E-state index in [1.165, 1.54) is 19.1 Å². The smallest absolute Gasteiger partial charge is 0.455 e. The summed E-state index contributed by atoms with van der Waals surface area (Å²) in [7, 11) is 0. The number of anilines is 1. The average Bonchev–Trinajstić information content (AvgIpc) is 2.99. The van der Waals surface area contributed by atoms with Gasteiger partial charge in [-0.1, -0.05) is 29.8 Å². The fourth-order valence-electron chi connectivity index (χ4n) is 2.84. The zero-order valence-electron chi connectivity index (χ0n) is 16.1. The molecule has 0 radical (unpaired) electrons. The Morgan fingerprint density at radius 2 is 1.84 bits per heavy atom. The Hall–Kier alpha value is -3.40. The van der Waals surface area contributed by atoms with Gasteiger partial charge in [-0.15, -0.1) is 8.78 Å². The molecule has 0 aromatic heterocycles. The van der Waals surface area contributed by atoms with Crippen molar-refractivity contribution in [3.8, 4) is 11.5 Å². The van der Waals surface area contributed by atoms with Crippen LogP contribution in [0.15, 0.2) is 42.5 Å². The molecule has 2 amide bonds. The van der Waals surface area contributed by atoms with Crippen LogP contribution in [0.1, 0.15) is 24.9 Å². The zero-order chi connectivity index (χ0) is 22.6. The van der Waals surface area contributed by atoms with Crippen LogP contribution in [-0.4, -0.2) is 30.7 Å². The molecule has 31 heavy (non-hydrogen) atoms. The van der Waals surface area contributed by atoms with Gasteiger partial charge in [-0.25, -0.2) is 0 Å². The van der Waals surface area contributed by atoms with Crippen molar-refractivity contribution < 1.29 is 37.4 Å². The summed E-state index contributed by atoms with van der Waals surface area (Å²) in [5.74, 6) is -2.23. The topological polar surface area (TPSA) is 103 Å². The minimum Gasteiger partial charge on any atom is -0.455 e. The minimum absolute atomic E-state index is 0.147. The van der Waals surface area contributed by atoms with Crippen LogP contribution in [0, 0.1) is 0 Å². The van der Waals surface area contributed by atoms with Crippen LogP contribution in [0.2, 0.25) is 5.02 Å².